The average Bonchev–Trinajstić information content (AvgIpc) is 2.38. The van der Waals surface area contributed by atoms with Crippen LogP contribution in [0.5, 0.6) is 0 Å². The molecular weight excluding hydrogens is 208 g/mol. The summed E-state index contributed by atoms with van der Waals surface area (Å²) in [7, 11) is 0. The van der Waals surface area contributed by atoms with Gasteiger partial charge in [0.2, 0.25) is 0 Å². The molecule has 2 fully saturated rings. The van der Waals surface area contributed by atoms with Crippen molar-refractivity contribution in [2.45, 2.75) is 71.4 Å². The van der Waals surface area contributed by atoms with Crippen molar-refractivity contribution in [2.24, 2.45) is 17.1 Å². The fourth-order valence-corrected chi connectivity index (χ4v) is 3.75. The predicted octanol–water partition coefficient (Wildman–Crippen LogP) is 3.01. The molecule has 17 heavy (non-hydrogen) atoms. The molecular formula is C15H30N2. The van der Waals surface area contributed by atoms with Crippen molar-refractivity contribution in [3.05, 3.63) is 0 Å². The van der Waals surface area contributed by atoms with Crippen LogP contribution < -0.4 is 5.73 Å². The number of likely N-dealkylation sites (tertiary alicyclic amines) is 1. The highest BCUT2D eigenvalue weighted by molar-refractivity contribution is 4.87. The van der Waals surface area contributed by atoms with Crippen LogP contribution >= 0.6 is 0 Å². The molecule has 1 heterocycles. The van der Waals surface area contributed by atoms with Gasteiger partial charge in [0.05, 0.1) is 0 Å². The normalized spacial score (nSPS) is 39.9. The molecule has 2 nitrogen and oxygen atoms in total. The largest absolute Gasteiger partial charge is 0.327 e. The highest BCUT2D eigenvalue weighted by Gasteiger charge is 2.31. The molecule has 0 bridgehead atoms. The first kappa shape index (κ1) is 13.4. The second-order valence-corrected chi connectivity index (χ2v) is 7.30. The predicted molar refractivity (Wildman–Crippen MR) is 74.0 cm³/mol. The van der Waals surface area contributed by atoms with Gasteiger partial charge in [0.1, 0.15) is 0 Å². The lowest BCUT2D eigenvalue weighted by molar-refractivity contribution is 0.104. The van der Waals surface area contributed by atoms with Gasteiger partial charge in [-0.05, 0) is 43.4 Å². The van der Waals surface area contributed by atoms with E-state index in [2.05, 4.69) is 25.7 Å². The summed E-state index contributed by atoms with van der Waals surface area (Å²) in [6.45, 7) is 9.63. The van der Waals surface area contributed by atoms with E-state index in [1.165, 1.54) is 45.1 Å². The topological polar surface area (TPSA) is 29.3 Å². The van der Waals surface area contributed by atoms with Crippen molar-refractivity contribution < 1.29 is 0 Å². The molecule has 2 N–H and O–H groups in total. The highest BCUT2D eigenvalue weighted by atomic mass is 15.2. The Morgan fingerprint density at radius 3 is 2.59 bits per heavy atom. The number of nitrogens with zero attached hydrogens (tertiary/aromatic N) is 1. The first-order valence-electron chi connectivity index (χ1n) is 7.46. The van der Waals surface area contributed by atoms with Crippen LogP contribution in [-0.2, 0) is 0 Å². The van der Waals surface area contributed by atoms with Crippen molar-refractivity contribution in [3.63, 3.8) is 0 Å². The third-order valence-electron chi connectivity index (χ3n) is 4.78. The number of piperidine rings is 1. The molecule has 2 heteroatoms. The summed E-state index contributed by atoms with van der Waals surface area (Å²) in [6, 6.07) is 1.22. The fourth-order valence-electron chi connectivity index (χ4n) is 3.75. The minimum absolute atomic E-state index is 0.412. The Labute approximate surface area is 107 Å². The second-order valence-electron chi connectivity index (χ2n) is 7.30. The smallest absolute Gasteiger partial charge is 0.0170 e. The standard InChI is InChI=1S/C15H30N2/c1-12-9-13(16)11-17(10-12)14-5-4-7-15(2,3)8-6-14/h12-14H,4-11,16H2,1-3H3. The molecule has 0 aromatic rings. The summed E-state index contributed by atoms with van der Waals surface area (Å²) in [5.74, 6) is 0.787. The summed E-state index contributed by atoms with van der Waals surface area (Å²) in [5.41, 5.74) is 6.74. The van der Waals surface area contributed by atoms with Gasteiger partial charge in [0.15, 0.2) is 0 Å². The van der Waals surface area contributed by atoms with E-state index in [0.717, 1.165) is 18.5 Å². The summed E-state index contributed by atoms with van der Waals surface area (Å²) in [4.78, 5) is 2.69. The van der Waals surface area contributed by atoms with Crippen molar-refractivity contribution in [2.75, 3.05) is 13.1 Å². The van der Waals surface area contributed by atoms with Crippen LogP contribution in [0.15, 0.2) is 0 Å². The summed E-state index contributed by atoms with van der Waals surface area (Å²) >= 11 is 0. The van der Waals surface area contributed by atoms with E-state index in [1.807, 2.05) is 0 Å². The number of hydrogen-bond acceptors (Lipinski definition) is 2. The van der Waals surface area contributed by atoms with Crippen LogP contribution in [0.1, 0.15) is 59.3 Å². The first-order chi connectivity index (χ1) is 7.96. The van der Waals surface area contributed by atoms with Gasteiger partial charge in [0.25, 0.3) is 0 Å². The van der Waals surface area contributed by atoms with Gasteiger partial charge in [-0.3, -0.25) is 4.90 Å². The van der Waals surface area contributed by atoms with Crippen LogP contribution in [0.4, 0.5) is 0 Å². The number of hydrogen-bond donors (Lipinski definition) is 1. The van der Waals surface area contributed by atoms with Gasteiger partial charge in [-0.25, -0.2) is 0 Å². The van der Waals surface area contributed by atoms with Gasteiger partial charge in [0, 0.05) is 25.2 Å². The maximum Gasteiger partial charge on any atom is 0.0170 e. The molecule has 0 radical (unpaired) electrons. The van der Waals surface area contributed by atoms with E-state index in [-0.39, 0.29) is 0 Å². The Hall–Kier alpha value is -0.0800. The quantitative estimate of drug-likeness (QED) is 0.712. The summed E-state index contributed by atoms with van der Waals surface area (Å²) < 4.78 is 0. The Kier molecular flexibility index (Phi) is 4.14. The molecule has 3 unspecified atom stereocenters. The lowest BCUT2D eigenvalue weighted by atomic mass is 9.85. The molecule has 100 valence electrons. The Bertz CT molecular complexity index is 239. The summed E-state index contributed by atoms with van der Waals surface area (Å²) in [6.07, 6.45) is 8.18. The molecule has 2 rings (SSSR count). The van der Waals surface area contributed by atoms with Crippen LogP contribution in [0.2, 0.25) is 0 Å². The van der Waals surface area contributed by atoms with E-state index < -0.39 is 0 Å². The maximum atomic E-state index is 6.17. The van der Waals surface area contributed by atoms with Crippen LogP contribution in [0.25, 0.3) is 0 Å². The molecule has 1 aliphatic heterocycles. The van der Waals surface area contributed by atoms with Gasteiger partial charge in [-0.2, -0.15) is 0 Å². The van der Waals surface area contributed by atoms with E-state index in [0.29, 0.717) is 11.5 Å². The average molecular weight is 238 g/mol. The van der Waals surface area contributed by atoms with E-state index in [4.69, 9.17) is 5.73 Å². The molecule has 0 spiro atoms. The SMILES string of the molecule is CC1CC(N)CN(C2CCCC(C)(C)CC2)C1. The zero-order valence-corrected chi connectivity index (χ0v) is 11.9. The third-order valence-corrected chi connectivity index (χ3v) is 4.78. The third kappa shape index (κ3) is 3.69. The summed E-state index contributed by atoms with van der Waals surface area (Å²) in [5, 5.41) is 0. The zero-order chi connectivity index (χ0) is 12.5. The molecule has 2 aliphatic rings. The number of rotatable bonds is 1. The van der Waals surface area contributed by atoms with Crippen molar-refractivity contribution in [1.82, 2.24) is 4.90 Å². The van der Waals surface area contributed by atoms with E-state index >= 15 is 0 Å². The Morgan fingerprint density at radius 1 is 1.12 bits per heavy atom. The molecule has 1 aliphatic carbocycles. The zero-order valence-electron chi connectivity index (χ0n) is 11.9. The van der Waals surface area contributed by atoms with Crippen molar-refractivity contribution >= 4 is 0 Å². The molecule has 0 amide bonds. The monoisotopic (exact) mass is 238 g/mol. The molecule has 3 atom stereocenters. The minimum Gasteiger partial charge on any atom is -0.327 e. The lowest BCUT2D eigenvalue weighted by Crippen LogP contribution is -2.50. The van der Waals surface area contributed by atoms with E-state index in [9.17, 15) is 0 Å². The van der Waals surface area contributed by atoms with Gasteiger partial charge in [-0.15, -0.1) is 0 Å². The molecule has 1 saturated heterocycles. The second kappa shape index (κ2) is 5.27. The van der Waals surface area contributed by atoms with Crippen LogP contribution in [0, 0.1) is 11.3 Å². The van der Waals surface area contributed by atoms with Crippen LogP contribution in [0.3, 0.4) is 0 Å². The van der Waals surface area contributed by atoms with Gasteiger partial charge in [-0.1, -0.05) is 27.2 Å². The van der Waals surface area contributed by atoms with Crippen molar-refractivity contribution in [1.29, 1.82) is 0 Å². The Morgan fingerprint density at radius 2 is 1.88 bits per heavy atom. The maximum absolute atomic E-state index is 6.17. The van der Waals surface area contributed by atoms with Gasteiger partial charge >= 0.3 is 0 Å². The lowest BCUT2D eigenvalue weighted by Gasteiger charge is -2.40. The van der Waals surface area contributed by atoms with Crippen LogP contribution in [-0.4, -0.2) is 30.1 Å². The number of nitrogens with two attached hydrogens (primary N) is 1. The molecule has 0 aromatic heterocycles. The minimum atomic E-state index is 0.412. The molecule has 0 aromatic carbocycles. The molecule has 1 saturated carbocycles. The fraction of sp³-hybridized carbons (Fsp3) is 1.00. The first-order valence-corrected chi connectivity index (χ1v) is 7.46. The highest BCUT2D eigenvalue weighted by Crippen LogP contribution is 2.36. The van der Waals surface area contributed by atoms with E-state index in [1.54, 1.807) is 0 Å². The Balaban J connectivity index is 1.93. The van der Waals surface area contributed by atoms with Crippen molar-refractivity contribution in [3.8, 4) is 0 Å². The van der Waals surface area contributed by atoms with Gasteiger partial charge < -0.3 is 5.73 Å².